The fourth-order valence-corrected chi connectivity index (χ4v) is 4.00. The number of methoxy groups -OCH3 is 2. The maximum atomic E-state index is 13.5. The second-order valence-electron chi connectivity index (χ2n) is 6.62. The number of anilines is 1. The van der Waals surface area contributed by atoms with E-state index in [2.05, 4.69) is 4.90 Å². The molecule has 1 amide bonds. The smallest absolute Gasteiger partial charge is 0.263 e. The van der Waals surface area contributed by atoms with Crippen LogP contribution in [0, 0.1) is 0 Å². The van der Waals surface area contributed by atoms with Gasteiger partial charge in [0.25, 0.3) is 5.91 Å². The van der Waals surface area contributed by atoms with Gasteiger partial charge in [-0.15, -0.1) is 0 Å². The molecule has 1 aromatic heterocycles. The van der Waals surface area contributed by atoms with Gasteiger partial charge in [0.15, 0.2) is 16.6 Å². The van der Waals surface area contributed by atoms with Crippen molar-refractivity contribution in [1.82, 2.24) is 9.88 Å². The van der Waals surface area contributed by atoms with Gasteiger partial charge in [0.2, 0.25) is 0 Å². The lowest BCUT2D eigenvalue weighted by atomic mass is 10.1. The Balaban J connectivity index is 1.99. The molecule has 0 bridgehead atoms. The molecule has 0 spiro atoms. The van der Waals surface area contributed by atoms with E-state index in [1.807, 2.05) is 38.4 Å². The van der Waals surface area contributed by atoms with Gasteiger partial charge in [-0.25, -0.2) is 4.98 Å². The number of hydrogen-bond acceptors (Lipinski definition) is 6. The molecule has 3 aromatic rings. The second-order valence-corrected chi connectivity index (χ2v) is 7.63. The molecule has 0 unspecified atom stereocenters. The first-order chi connectivity index (χ1) is 13.5. The van der Waals surface area contributed by atoms with Crippen molar-refractivity contribution in [2.75, 3.05) is 46.3 Å². The molecule has 0 aliphatic carbocycles. The van der Waals surface area contributed by atoms with Crippen LogP contribution in [-0.2, 0) is 0 Å². The van der Waals surface area contributed by atoms with E-state index in [0.29, 0.717) is 28.7 Å². The molecule has 0 saturated carbocycles. The van der Waals surface area contributed by atoms with Crippen molar-refractivity contribution < 1.29 is 14.3 Å². The number of nitrogens with zero attached hydrogens (tertiary/aromatic N) is 3. The van der Waals surface area contributed by atoms with E-state index < -0.39 is 0 Å². The first kappa shape index (κ1) is 20.1. The van der Waals surface area contributed by atoms with Gasteiger partial charge in [-0.3, -0.25) is 9.69 Å². The highest BCUT2D eigenvalue weighted by atomic mass is 32.1. The molecule has 1 heterocycles. The molecule has 0 fully saturated rings. The summed E-state index contributed by atoms with van der Waals surface area (Å²) in [6.07, 6.45) is 0.834. The lowest BCUT2D eigenvalue weighted by Crippen LogP contribution is -2.33. The highest BCUT2D eigenvalue weighted by Crippen LogP contribution is 2.34. The summed E-state index contributed by atoms with van der Waals surface area (Å²) in [5.41, 5.74) is 1.36. The van der Waals surface area contributed by atoms with E-state index in [1.165, 1.54) is 11.3 Å². The van der Waals surface area contributed by atoms with Crippen LogP contribution in [0.2, 0.25) is 0 Å². The monoisotopic (exact) mass is 399 g/mol. The van der Waals surface area contributed by atoms with E-state index in [4.69, 9.17) is 14.5 Å². The number of amides is 1. The zero-order chi connectivity index (χ0) is 20.1. The van der Waals surface area contributed by atoms with Crippen molar-refractivity contribution in [3.63, 3.8) is 0 Å². The number of aromatic nitrogens is 1. The molecule has 0 saturated heterocycles. The number of rotatable bonds is 8. The molecule has 0 aliphatic rings. The number of thiazole rings is 1. The van der Waals surface area contributed by atoms with Crippen LogP contribution in [0.4, 0.5) is 5.13 Å². The third kappa shape index (κ3) is 4.26. The lowest BCUT2D eigenvalue weighted by Gasteiger charge is -2.22. The molecule has 28 heavy (non-hydrogen) atoms. The van der Waals surface area contributed by atoms with E-state index in [9.17, 15) is 4.79 Å². The summed E-state index contributed by atoms with van der Waals surface area (Å²) < 4.78 is 11.9. The minimum absolute atomic E-state index is 0.145. The number of ether oxygens (including phenoxy) is 2. The van der Waals surface area contributed by atoms with Gasteiger partial charge in [0.05, 0.1) is 30.0 Å². The third-order valence-corrected chi connectivity index (χ3v) is 5.44. The number of carbonyl (C=O) groups is 1. The van der Waals surface area contributed by atoms with Crippen molar-refractivity contribution >= 4 is 32.6 Å². The number of hydrogen-bond donors (Lipinski definition) is 0. The number of fused-ring (bicyclic) bond motifs is 1. The zero-order valence-corrected chi connectivity index (χ0v) is 17.5. The molecular weight excluding hydrogens is 374 g/mol. The fourth-order valence-electron chi connectivity index (χ4n) is 3.01. The minimum Gasteiger partial charge on any atom is -0.493 e. The average molecular weight is 400 g/mol. The van der Waals surface area contributed by atoms with Gasteiger partial charge < -0.3 is 14.4 Å². The highest BCUT2D eigenvalue weighted by molar-refractivity contribution is 7.22. The molecule has 6 nitrogen and oxygen atoms in total. The summed E-state index contributed by atoms with van der Waals surface area (Å²) in [5, 5.41) is 0.690. The molecular formula is C21H25N3O3S. The molecule has 148 valence electrons. The predicted octanol–water partition coefficient (Wildman–Crippen LogP) is 3.91. The third-order valence-electron chi connectivity index (χ3n) is 4.38. The largest absolute Gasteiger partial charge is 0.493 e. The highest BCUT2D eigenvalue weighted by Gasteiger charge is 2.25. The fraction of sp³-hybridized carbons (Fsp3) is 0.333. The van der Waals surface area contributed by atoms with Crippen molar-refractivity contribution in [2.45, 2.75) is 6.42 Å². The Hall–Kier alpha value is -2.64. The van der Waals surface area contributed by atoms with Crippen molar-refractivity contribution in [3.8, 4) is 11.5 Å². The van der Waals surface area contributed by atoms with Crippen LogP contribution in [0.1, 0.15) is 16.8 Å². The molecule has 7 heteroatoms. The first-order valence-electron chi connectivity index (χ1n) is 9.08. The SMILES string of the molecule is COc1cccc(C(=O)N(CCCN(C)C)c2nc3ccccc3s2)c1OC. The van der Waals surface area contributed by atoms with E-state index in [0.717, 1.165) is 23.2 Å². The Labute approximate surface area is 169 Å². The molecule has 0 atom stereocenters. The van der Waals surface area contributed by atoms with Gasteiger partial charge in [0.1, 0.15) is 0 Å². The standard InChI is InChI=1S/C21H25N3O3S/c1-23(2)13-8-14-24(21-22-16-10-5-6-12-18(16)28-21)20(25)15-9-7-11-17(26-3)19(15)27-4/h5-7,9-12H,8,13-14H2,1-4H3. The van der Waals surface area contributed by atoms with Crippen LogP contribution in [0.15, 0.2) is 42.5 Å². The Morgan fingerprint density at radius 3 is 2.50 bits per heavy atom. The normalized spacial score (nSPS) is 11.0. The summed E-state index contributed by atoms with van der Waals surface area (Å²) >= 11 is 1.52. The van der Waals surface area contributed by atoms with Crippen molar-refractivity contribution in [2.24, 2.45) is 0 Å². The molecule has 0 aliphatic heterocycles. The van der Waals surface area contributed by atoms with Crippen LogP contribution >= 0.6 is 11.3 Å². The topological polar surface area (TPSA) is 54.9 Å². The second kappa shape index (κ2) is 9.03. The van der Waals surface area contributed by atoms with E-state index >= 15 is 0 Å². The maximum absolute atomic E-state index is 13.5. The minimum atomic E-state index is -0.145. The summed E-state index contributed by atoms with van der Waals surface area (Å²) in [7, 11) is 7.15. The Morgan fingerprint density at radius 2 is 1.82 bits per heavy atom. The quantitative estimate of drug-likeness (QED) is 0.575. The van der Waals surface area contributed by atoms with Gasteiger partial charge >= 0.3 is 0 Å². The summed E-state index contributed by atoms with van der Waals surface area (Å²) in [6.45, 7) is 1.45. The molecule has 3 rings (SSSR count). The summed E-state index contributed by atoms with van der Waals surface area (Å²) in [5.74, 6) is 0.827. The van der Waals surface area contributed by atoms with Crippen LogP contribution < -0.4 is 14.4 Å². The van der Waals surface area contributed by atoms with Crippen LogP contribution in [0.3, 0.4) is 0 Å². The van der Waals surface area contributed by atoms with Gasteiger partial charge in [-0.2, -0.15) is 0 Å². The van der Waals surface area contributed by atoms with Gasteiger partial charge in [-0.05, 0) is 51.3 Å². The predicted molar refractivity (Wildman–Crippen MR) is 114 cm³/mol. The lowest BCUT2D eigenvalue weighted by molar-refractivity contribution is 0.0982. The van der Waals surface area contributed by atoms with Crippen molar-refractivity contribution in [3.05, 3.63) is 48.0 Å². The summed E-state index contributed by atoms with van der Waals surface area (Å²) in [4.78, 5) is 22.0. The Kier molecular flexibility index (Phi) is 6.49. The maximum Gasteiger partial charge on any atom is 0.263 e. The summed E-state index contributed by atoms with van der Waals surface area (Å²) in [6, 6.07) is 13.3. The molecule has 2 aromatic carbocycles. The number of para-hydroxylation sites is 2. The molecule has 0 radical (unpaired) electrons. The van der Waals surface area contributed by atoms with Crippen LogP contribution in [0.5, 0.6) is 11.5 Å². The Morgan fingerprint density at radius 1 is 1.04 bits per heavy atom. The average Bonchev–Trinajstić information content (AvgIpc) is 3.13. The van der Waals surface area contributed by atoms with E-state index in [1.54, 1.807) is 37.3 Å². The van der Waals surface area contributed by atoms with Gasteiger partial charge in [0, 0.05) is 6.54 Å². The first-order valence-corrected chi connectivity index (χ1v) is 9.90. The molecule has 0 N–H and O–H groups in total. The van der Waals surface area contributed by atoms with Crippen molar-refractivity contribution in [1.29, 1.82) is 0 Å². The number of carbonyl (C=O) groups excluding carboxylic acids is 1. The van der Waals surface area contributed by atoms with Crippen LogP contribution in [0.25, 0.3) is 10.2 Å². The Bertz CT molecular complexity index is 922. The van der Waals surface area contributed by atoms with E-state index in [-0.39, 0.29) is 5.91 Å². The van der Waals surface area contributed by atoms with Crippen LogP contribution in [-0.4, -0.2) is 57.2 Å². The van der Waals surface area contributed by atoms with Gasteiger partial charge in [-0.1, -0.05) is 29.5 Å². The number of benzene rings is 2. The zero-order valence-electron chi connectivity index (χ0n) is 16.6.